The molecule has 12 heteroatoms. The van der Waals surface area contributed by atoms with E-state index in [9.17, 15) is 9.90 Å². The third-order valence-corrected chi connectivity index (χ3v) is 7.17. The number of imidazole rings is 1. The first-order chi connectivity index (χ1) is 19.8. The maximum absolute atomic E-state index is 15.4. The second-order valence-corrected chi connectivity index (χ2v) is 10.4. The lowest BCUT2D eigenvalue weighted by Crippen LogP contribution is -2.31. The zero-order chi connectivity index (χ0) is 28.5. The zero-order valence-corrected chi connectivity index (χ0v) is 23.0. The summed E-state index contributed by atoms with van der Waals surface area (Å²) in [4.78, 5) is 28.8. The maximum atomic E-state index is 15.4. The normalized spacial score (nSPS) is 14.7. The van der Waals surface area contributed by atoms with Gasteiger partial charge in [0.1, 0.15) is 24.1 Å². The molecule has 2 aromatic carbocycles. The smallest absolute Gasteiger partial charge is 0.335 e. The molecule has 0 aliphatic carbocycles. The van der Waals surface area contributed by atoms with E-state index in [-0.39, 0.29) is 47.4 Å². The van der Waals surface area contributed by atoms with Crippen LogP contribution in [0.25, 0.3) is 22.3 Å². The zero-order valence-electron chi connectivity index (χ0n) is 21.4. The summed E-state index contributed by atoms with van der Waals surface area (Å²) in [5, 5.41) is 9.45. The minimum atomic E-state index is -1.06. The molecule has 5 aromatic rings. The molecule has 1 atom stereocenters. The van der Waals surface area contributed by atoms with Gasteiger partial charge in [0, 0.05) is 37.1 Å². The molecule has 0 bridgehead atoms. The molecular weight excluding hydrogens is 600 g/mol. The first-order valence-corrected chi connectivity index (χ1v) is 13.5. The molecule has 1 aliphatic rings. The Hall–Kier alpha value is -4.29. The van der Waals surface area contributed by atoms with Crippen molar-refractivity contribution >= 4 is 32.9 Å². The summed E-state index contributed by atoms with van der Waals surface area (Å²) in [5.41, 5.74) is 1.58. The van der Waals surface area contributed by atoms with Crippen molar-refractivity contribution in [2.75, 3.05) is 6.61 Å². The number of carbonyl (C=O) groups is 1. The Kier molecular flexibility index (Phi) is 7.41. The largest absolute Gasteiger partial charge is 0.478 e. The van der Waals surface area contributed by atoms with E-state index in [1.807, 2.05) is 4.57 Å². The summed E-state index contributed by atoms with van der Waals surface area (Å²) in [7, 11) is 0. The van der Waals surface area contributed by atoms with Gasteiger partial charge in [-0.2, -0.15) is 0 Å². The highest BCUT2D eigenvalue weighted by molar-refractivity contribution is 9.10. The molecule has 3 aromatic heterocycles. The van der Waals surface area contributed by atoms with E-state index in [2.05, 4.69) is 35.9 Å². The summed E-state index contributed by atoms with van der Waals surface area (Å²) in [6.07, 6.45) is 3.98. The van der Waals surface area contributed by atoms with Gasteiger partial charge in [0.05, 0.1) is 39.4 Å². The van der Waals surface area contributed by atoms with Crippen LogP contribution < -0.4 is 4.74 Å². The van der Waals surface area contributed by atoms with E-state index in [1.165, 1.54) is 12.1 Å². The minimum Gasteiger partial charge on any atom is -0.478 e. The van der Waals surface area contributed by atoms with Crippen LogP contribution in [-0.4, -0.2) is 48.3 Å². The van der Waals surface area contributed by atoms with Crippen molar-refractivity contribution in [1.82, 2.24) is 24.5 Å². The van der Waals surface area contributed by atoms with Gasteiger partial charge >= 0.3 is 5.97 Å². The molecular formula is C29H22BrF2N5O4. The van der Waals surface area contributed by atoms with E-state index in [0.29, 0.717) is 35.8 Å². The van der Waals surface area contributed by atoms with Gasteiger partial charge in [-0.1, -0.05) is 6.07 Å². The molecule has 1 unspecified atom stereocenters. The number of carboxylic acids is 1. The highest BCUT2D eigenvalue weighted by Gasteiger charge is 2.23. The number of hydrogen-bond donors (Lipinski definition) is 1. The number of rotatable bonds is 9. The van der Waals surface area contributed by atoms with Crippen molar-refractivity contribution in [2.24, 2.45) is 0 Å². The van der Waals surface area contributed by atoms with E-state index in [4.69, 9.17) is 9.47 Å². The van der Waals surface area contributed by atoms with E-state index >= 15 is 8.78 Å². The van der Waals surface area contributed by atoms with Crippen molar-refractivity contribution in [2.45, 2.75) is 32.1 Å². The maximum Gasteiger partial charge on any atom is 0.335 e. The number of aromatic nitrogens is 5. The van der Waals surface area contributed by atoms with E-state index in [1.54, 1.807) is 36.7 Å². The van der Waals surface area contributed by atoms with Crippen LogP contribution in [0.4, 0.5) is 8.78 Å². The van der Waals surface area contributed by atoms with E-state index < -0.39 is 17.6 Å². The minimum absolute atomic E-state index is 0.00337. The fourth-order valence-corrected chi connectivity index (χ4v) is 4.77. The van der Waals surface area contributed by atoms with Gasteiger partial charge in [-0.25, -0.2) is 33.5 Å². The monoisotopic (exact) mass is 621 g/mol. The summed E-state index contributed by atoms with van der Waals surface area (Å²) >= 11 is 3.27. The highest BCUT2D eigenvalue weighted by atomic mass is 79.9. The van der Waals surface area contributed by atoms with Crippen LogP contribution in [-0.2, 0) is 24.3 Å². The average molecular weight is 622 g/mol. The number of nitrogens with zero attached hydrogens (tertiary/aromatic N) is 5. The van der Waals surface area contributed by atoms with Crippen LogP contribution >= 0.6 is 15.9 Å². The molecule has 0 saturated carbocycles. The summed E-state index contributed by atoms with van der Waals surface area (Å²) in [5.74, 6) is -1.20. The Labute approximate surface area is 241 Å². The molecule has 1 saturated heterocycles. The van der Waals surface area contributed by atoms with Gasteiger partial charge in [-0.05, 0) is 64.3 Å². The van der Waals surface area contributed by atoms with Crippen LogP contribution in [0, 0.1) is 11.6 Å². The third kappa shape index (κ3) is 5.79. The SMILES string of the molecule is O=C(O)c1ccc2nc(Cc3cc(F)c(-c4cccc(OCc5ncc(Br)cn5)n4)cc3F)n(CC3CCO3)c2c1. The fourth-order valence-electron chi connectivity index (χ4n) is 4.56. The predicted octanol–water partition coefficient (Wildman–Crippen LogP) is 5.59. The number of aromatic carboxylic acids is 1. The Bertz CT molecular complexity index is 1760. The summed E-state index contributed by atoms with van der Waals surface area (Å²) in [6, 6.07) is 11.7. The number of halogens is 3. The molecule has 1 N–H and O–H groups in total. The summed E-state index contributed by atoms with van der Waals surface area (Å²) in [6.45, 7) is 1.13. The van der Waals surface area contributed by atoms with Crippen molar-refractivity contribution < 1.29 is 28.2 Å². The number of hydrogen-bond acceptors (Lipinski definition) is 7. The van der Waals surface area contributed by atoms with E-state index in [0.717, 1.165) is 23.0 Å². The standard InChI is InChI=1S/C29H22BrF2N5O4/c30-18-12-33-26(34-13-18)15-41-28-3-1-2-23(36-28)20-11-21(31)17(8-22(20)32)10-27-35-24-5-4-16(29(38)39)9-25(24)37(27)14-19-6-7-40-19/h1-5,8-9,11-13,19H,6-7,10,14-15H2,(H,38,39). The van der Waals surface area contributed by atoms with Crippen molar-refractivity contribution in [3.63, 3.8) is 0 Å². The molecule has 1 aliphatic heterocycles. The lowest BCUT2D eigenvalue weighted by molar-refractivity contribution is -0.0589. The number of fused-ring (bicyclic) bond motifs is 1. The van der Waals surface area contributed by atoms with Crippen molar-refractivity contribution in [1.29, 1.82) is 0 Å². The van der Waals surface area contributed by atoms with Crippen LogP contribution in [0.1, 0.15) is 34.0 Å². The Morgan fingerprint density at radius 3 is 2.63 bits per heavy atom. The lowest BCUT2D eigenvalue weighted by atomic mass is 10.0. The second kappa shape index (κ2) is 11.3. The Morgan fingerprint density at radius 2 is 1.90 bits per heavy atom. The Balaban J connectivity index is 1.27. The fraction of sp³-hybridized carbons (Fsp3) is 0.207. The first kappa shape index (κ1) is 26.9. The van der Waals surface area contributed by atoms with Crippen LogP contribution in [0.3, 0.4) is 0 Å². The van der Waals surface area contributed by atoms with Gasteiger partial charge in [0.2, 0.25) is 5.88 Å². The topological polar surface area (TPSA) is 112 Å². The van der Waals surface area contributed by atoms with Gasteiger partial charge in [0.15, 0.2) is 5.82 Å². The average Bonchev–Trinajstić information content (AvgIpc) is 3.28. The quantitative estimate of drug-likeness (QED) is 0.227. The van der Waals surface area contributed by atoms with Gasteiger partial charge < -0.3 is 19.1 Å². The highest BCUT2D eigenvalue weighted by Crippen LogP contribution is 2.29. The molecule has 1 fully saturated rings. The van der Waals surface area contributed by atoms with Crippen molar-refractivity contribution in [3.05, 3.63) is 99.8 Å². The van der Waals surface area contributed by atoms with Crippen LogP contribution in [0.5, 0.6) is 5.88 Å². The Morgan fingerprint density at radius 1 is 1.10 bits per heavy atom. The number of benzene rings is 2. The predicted molar refractivity (Wildman–Crippen MR) is 148 cm³/mol. The number of ether oxygens (including phenoxy) is 2. The van der Waals surface area contributed by atoms with Gasteiger partial charge in [-0.15, -0.1) is 0 Å². The number of pyridine rings is 1. The lowest BCUT2D eigenvalue weighted by Gasteiger charge is -2.27. The van der Waals surface area contributed by atoms with Crippen molar-refractivity contribution in [3.8, 4) is 17.1 Å². The summed E-state index contributed by atoms with van der Waals surface area (Å²) < 4.78 is 44.6. The molecule has 4 heterocycles. The van der Waals surface area contributed by atoms with Gasteiger partial charge in [-0.3, -0.25) is 0 Å². The first-order valence-electron chi connectivity index (χ1n) is 12.7. The molecule has 208 valence electrons. The molecule has 6 rings (SSSR count). The third-order valence-electron chi connectivity index (χ3n) is 6.76. The second-order valence-electron chi connectivity index (χ2n) is 9.50. The molecule has 0 radical (unpaired) electrons. The number of carboxylic acid groups (broad SMARTS) is 1. The van der Waals surface area contributed by atoms with Gasteiger partial charge in [0.25, 0.3) is 0 Å². The molecule has 41 heavy (non-hydrogen) atoms. The molecule has 0 amide bonds. The van der Waals surface area contributed by atoms with Crippen LogP contribution in [0.2, 0.25) is 0 Å². The van der Waals surface area contributed by atoms with Crippen LogP contribution in [0.15, 0.2) is 65.4 Å². The molecule has 9 nitrogen and oxygen atoms in total. The molecule has 0 spiro atoms.